The number of carbonyl (C=O) groups is 2. The Hall–Kier alpha value is -3.09. The molecule has 120 valence electrons. The number of nitrogens with two attached hydrogens (primary N) is 1. The van der Waals surface area contributed by atoms with Crippen molar-refractivity contribution in [3.63, 3.8) is 0 Å². The van der Waals surface area contributed by atoms with Crippen molar-refractivity contribution in [1.82, 2.24) is 0 Å². The zero-order valence-electron chi connectivity index (χ0n) is 12.6. The third-order valence-corrected chi connectivity index (χ3v) is 3.12. The van der Waals surface area contributed by atoms with Crippen LogP contribution in [0.5, 0.6) is 11.5 Å². The number of anilines is 1. The van der Waals surface area contributed by atoms with Gasteiger partial charge in [-0.3, -0.25) is 9.59 Å². The zero-order chi connectivity index (χ0) is 17.0. The molecule has 0 aliphatic carbocycles. The molecule has 0 atom stereocenters. The summed E-state index contributed by atoms with van der Waals surface area (Å²) in [4.78, 5) is 23.8. The molecule has 6 nitrogen and oxygen atoms in total. The number of benzene rings is 2. The largest absolute Gasteiger partial charge is 0.493 e. The second-order valence-electron chi connectivity index (χ2n) is 4.58. The summed E-state index contributed by atoms with van der Waals surface area (Å²) >= 11 is 0. The Bertz CT molecular complexity index is 762. The molecule has 7 heteroatoms. The molecule has 0 aliphatic heterocycles. The van der Waals surface area contributed by atoms with Gasteiger partial charge in [0.1, 0.15) is 5.82 Å². The van der Waals surface area contributed by atoms with Gasteiger partial charge in [-0.1, -0.05) is 6.07 Å². The first-order valence-electron chi connectivity index (χ1n) is 6.59. The van der Waals surface area contributed by atoms with Crippen molar-refractivity contribution in [1.29, 1.82) is 0 Å². The van der Waals surface area contributed by atoms with E-state index in [2.05, 4.69) is 5.32 Å². The number of halogens is 1. The van der Waals surface area contributed by atoms with Crippen LogP contribution >= 0.6 is 0 Å². The average Bonchev–Trinajstić information content (AvgIpc) is 2.54. The zero-order valence-corrected chi connectivity index (χ0v) is 12.6. The number of hydrogen-bond acceptors (Lipinski definition) is 4. The van der Waals surface area contributed by atoms with Crippen molar-refractivity contribution in [3.8, 4) is 11.5 Å². The molecule has 2 amide bonds. The van der Waals surface area contributed by atoms with Crippen LogP contribution in [0.4, 0.5) is 10.1 Å². The van der Waals surface area contributed by atoms with Crippen LogP contribution in [0, 0.1) is 5.82 Å². The summed E-state index contributed by atoms with van der Waals surface area (Å²) in [6, 6.07) is 7.94. The van der Waals surface area contributed by atoms with Crippen molar-refractivity contribution in [2.24, 2.45) is 5.73 Å². The highest BCUT2D eigenvalue weighted by atomic mass is 19.1. The number of hydrogen-bond donors (Lipinski definition) is 2. The summed E-state index contributed by atoms with van der Waals surface area (Å²) in [7, 11) is 2.83. The van der Waals surface area contributed by atoms with Crippen LogP contribution in [-0.2, 0) is 0 Å². The first kappa shape index (κ1) is 16.3. The summed E-state index contributed by atoms with van der Waals surface area (Å²) in [5.41, 5.74) is 5.62. The number of ether oxygens (including phenoxy) is 2. The van der Waals surface area contributed by atoms with Crippen LogP contribution in [0.25, 0.3) is 0 Å². The molecular weight excluding hydrogens is 303 g/mol. The number of rotatable bonds is 5. The van der Waals surface area contributed by atoms with Crippen molar-refractivity contribution in [2.75, 3.05) is 19.5 Å². The number of amides is 2. The van der Waals surface area contributed by atoms with Crippen LogP contribution < -0.4 is 20.5 Å². The van der Waals surface area contributed by atoms with Crippen LogP contribution in [0.1, 0.15) is 20.7 Å². The van der Waals surface area contributed by atoms with E-state index in [1.807, 2.05) is 0 Å². The monoisotopic (exact) mass is 318 g/mol. The average molecular weight is 318 g/mol. The van der Waals surface area contributed by atoms with Gasteiger partial charge in [-0.2, -0.15) is 0 Å². The SMILES string of the molecule is COc1cc(NC(=O)c2cccc(F)c2)c(C(N)=O)cc1OC. The van der Waals surface area contributed by atoms with Crippen LogP contribution in [0.2, 0.25) is 0 Å². The van der Waals surface area contributed by atoms with Gasteiger partial charge in [0.15, 0.2) is 11.5 Å². The molecule has 0 saturated carbocycles. The Morgan fingerprint density at radius 2 is 1.74 bits per heavy atom. The van der Waals surface area contributed by atoms with Gasteiger partial charge in [0.2, 0.25) is 0 Å². The minimum Gasteiger partial charge on any atom is -0.493 e. The smallest absolute Gasteiger partial charge is 0.255 e. The quantitative estimate of drug-likeness (QED) is 0.884. The van der Waals surface area contributed by atoms with E-state index in [4.69, 9.17) is 15.2 Å². The second kappa shape index (κ2) is 6.78. The van der Waals surface area contributed by atoms with Crippen molar-refractivity contribution >= 4 is 17.5 Å². The number of carbonyl (C=O) groups excluding carboxylic acids is 2. The van der Waals surface area contributed by atoms with Gasteiger partial charge in [0.05, 0.1) is 25.5 Å². The maximum absolute atomic E-state index is 13.2. The molecule has 0 radical (unpaired) electrons. The molecular formula is C16H15FN2O4. The predicted molar refractivity (Wildman–Crippen MR) is 82.4 cm³/mol. The molecule has 3 N–H and O–H groups in total. The summed E-state index contributed by atoms with van der Waals surface area (Å²) in [5.74, 6) is -1.27. The lowest BCUT2D eigenvalue weighted by molar-refractivity contribution is 0.100. The Morgan fingerprint density at radius 1 is 1.09 bits per heavy atom. The molecule has 0 saturated heterocycles. The van der Waals surface area contributed by atoms with E-state index in [0.29, 0.717) is 11.5 Å². The Balaban J connectivity index is 2.41. The summed E-state index contributed by atoms with van der Waals surface area (Å²) < 4.78 is 23.4. The van der Waals surface area contributed by atoms with E-state index in [-0.39, 0.29) is 16.8 Å². The van der Waals surface area contributed by atoms with E-state index in [0.717, 1.165) is 6.07 Å². The number of primary amides is 1. The van der Waals surface area contributed by atoms with E-state index in [9.17, 15) is 14.0 Å². The van der Waals surface area contributed by atoms with Crippen molar-refractivity contribution in [3.05, 3.63) is 53.3 Å². The van der Waals surface area contributed by atoms with E-state index in [1.54, 1.807) is 0 Å². The molecule has 0 aromatic heterocycles. The molecule has 23 heavy (non-hydrogen) atoms. The van der Waals surface area contributed by atoms with Gasteiger partial charge in [-0.05, 0) is 24.3 Å². The first-order chi connectivity index (χ1) is 11.0. The Labute approximate surface area is 132 Å². The third-order valence-electron chi connectivity index (χ3n) is 3.12. The molecule has 2 aromatic carbocycles. The Kier molecular flexibility index (Phi) is 4.80. The first-order valence-corrected chi connectivity index (χ1v) is 6.59. The summed E-state index contributed by atoms with van der Waals surface area (Å²) in [6.07, 6.45) is 0. The van der Waals surface area contributed by atoms with Crippen LogP contribution in [0.15, 0.2) is 36.4 Å². The third kappa shape index (κ3) is 3.57. The highest BCUT2D eigenvalue weighted by molar-refractivity contribution is 6.09. The summed E-state index contributed by atoms with van der Waals surface area (Å²) in [6.45, 7) is 0. The molecule has 0 aliphatic rings. The van der Waals surface area contributed by atoms with E-state index < -0.39 is 17.6 Å². The fraction of sp³-hybridized carbons (Fsp3) is 0.125. The van der Waals surface area contributed by atoms with Crippen molar-refractivity contribution in [2.45, 2.75) is 0 Å². The normalized spacial score (nSPS) is 10.0. The highest BCUT2D eigenvalue weighted by Gasteiger charge is 2.17. The maximum Gasteiger partial charge on any atom is 0.255 e. The van der Waals surface area contributed by atoms with Crippen LogP contribution in [-0.4, -0.2) is 26.0 Å². The number of methoxy groups -OCH3 is 2. The molecule has 0 unspecified atom stereocenters. The second-order valence-corrected chi connectivity index (χ2v) is 4.58. The lowest BCUT2D eigenvalue weighted by atomic mass is 10.1. The molecule has 0 bridgehead atoms. The summed E-state index contributed by atoms with van der Waals surface area (Å²) in [5, 5.41) is 2.52. The fourth-order valence-electron chi connectivity index (χ4n) is 2.01. The van der Waals surface area contributed by atoms with Crippen molar-refractivity contribution < 1.29 is 23.5 Å². The lowest BCUT2D eigenvalue weighted by Crippen LogP contribution is -2.18. The van der Waals surface area contributed by atoms with Gasteiger partial charge >= 0.3 is 0 Å². The van der Waals surface area contributed by atoms with Crippen LogP contribution in [0.3, 0.4) is 0 Å². The minimum absolute atomic E-state index is 0.0485. The molecule has 2 rings (SSSR count). The fourth-order valence-corrected chi connectivity index (χ4v) is 2.01. The topological polar surface area (TPSA) is 90.6 Å². The number of nitrogens with one attached hydrogen (secondary N) is 1. The molecule has 2 aromatic rings. The lowest BCUT2D eigenvalue weighted by Gasteiger charge is -2.14. The Morgan fingerprint density at radius 3 is 2.30 bits per heavy atom. The van der Waals surface area contributed by atoms with Gasteiger partial charge in [-0.25, -0.2) is 4.39 Å². The van der Waals surface area contributed by atoms with Gasteiger partial charge < -0.3 is 20.5 Å². The maximum atomic E-state index is 13.2. The van der Waals surface area contributed by atoms with Gasteiger partial charge in [0, 0.05) is 11.6 Å². The highest BCUT2D eigenvalue weighted by Crippen LogP contribution is 2.33. The molecule has 0 heterocycles. The minimum atomic E-state index is -0.750. The van der Waals surface area contributed by atoms with E-state index >= 15 is 0 Å². The van der Waals surface area contributed by atoms with Gasteiger partial charge in [-0.15, -0.1) is 0 Å². The van der Waals surface area contributed by atoms with E-state index in [1.165, 1.54) is 44.6 Å². The standard InChI is InChI=1S/C16H15FN2O4/c1-22-13-7-11(15(18)20)12(8-14(13)23-2)19-16(21)9-4-3-5-10(17)6-9/h3-8H,1-2H3,(H2,18,20)(H,19,21). The van der Waals surface area contributed by atoms with Gasteiger partial charge in [0.25, 0.3) is 11.8 Å². The molecule has 0 spiro atoms. The predicted octanol–water partition coefficient (Wildman–Crippen LogP) is 2.19. The molecule has 0 fully saturated rings.